The second-order valence-corrected chi connectivity index (χ2v) is 4.40. The molecule has 86 valence electrons. The molecule has 3 N–H and O–H groups in total. The van der Waals surface area contributed by atoms with Gasteiger partial charge >= 0.3 is 6.09 Å². The van der Waals surface area contributed by atoms with Gasteiger partial charge in [-0.2, -0.15) is 0 Å². The van der Waals surface area contributed by atoms with E-state index in [-0.39, 0.29) is 11.7 Å². The van der Waals surface area contributed by atoms with Gasteiger partial charge in [0, 0.05) is 13.1 Å². The van der Waals surface area contributed by atoms with Crippen LogP contribution in [0.4, 0.5) is 4.79 Å². The van der Waals surface area contributed by atoms with E-state index in [0.717, 1.165) is 45.4 Å². The number of nitrogens with one attached hydrogen (secondary N) is 1. The van der Waals surface area contributed by atoms with E-state index in [1.54, 1.807) is 4.90 Å². The molecule has 0 aliphatic carbocycles. The lowest BCUT2D eigenvalue weighted by atomic mass is 9.94. The molecule has 0 aromatic heterocycles. The Morgan fingerprint density at radius 2 is 2.47 bits per heavy atom. The van der Waals surface area contributed by atoms with Crippen LogP contribution < -0.4 is 11.1 Å². The predicted molar refractivity (Wildman–Crippen MR) is 56.6 cm³/mol. The van der Waals surface area contributed by atoms with E-state index in [9.17, 15) is 4.79 Å². The maximum Gasteiger partial charge on any atom is 0.410 e. The molecule has 1 unspecified atom stereocenters. The highest BCUT2D eigenvalue weighted by Gasteiger charge is 2.45. The van der Waals surface area contributed by atoms with Crippen molar-refractivity contribution < 1.29 is 9.53 Å². The van der Waals surface area contributed by atoms with Gasteiger partial charge < -0.3 is 20.7 Å². The van der Waals surface area contributed by atoms with Gasteiger partial charge in [-0.3, -0.25) is 0 Å². The standard InChI is InChI=1S/C10H19N3O2/c11-4-2-6-13-8-10(15-9(13)14)3-1-5-12-7-10/h12H,1-8,11H2. The normalized spacial score (nSPS) is 31.0. The van der Waals surface area contributed by atoms with Crippen LogP contribution in [-0.4, -0.2) is 49.3 Å². The molecule has 5 heteroatoms. The lowest BCUT2D eigenvalue weighted by molar-refractivity contribution is 0.0366. The number of nitrogens with zero attached hydrogens (tertiary/aromatic N) is 1. The number of rotatable bonds is 3. The summed E-state index contributed by atoms with van der Waals surface area (Å²) in [6, 6.07) is 0. The summed E-state index contributed by atoms with van der Waals surface area (Å²) in [5, 5.41) is 3.29. The maximum absolute atomic E-state index is 11.6. The first-order valence-corrected chi connectivity index (χ1v) is 5.64. The summed E-state index contributed by atoms with van der Waals surface area (Å²) in [4.78, 5) is 13.4. The Kier molecular flexibility index (Phi) is 3.11. The number of carbonyl (C=O) groups is 1. The van der Waals surface area contributed by atoms with E-state index in [4.69, 9.17) is 10.5 Å². The third kappa shape index (κ3) is 2.23. The van der Waals surface area contributed by atoms with Gasteiger partial charge in [-0.25, -0.2) is 4.79 Å². The van der Waals surface area contributed by atoms with Crippen molar-refractivity contribution in [2.24, 2.45) is 5.73 Å². The topological polar surface area (TPSA) is 67.6 Å². The van der Waals surface area contributed by atoms with Crippen LogP contribution in [0.1, 0.15) is 19.3 Å². The van der Waals surface area contributed by atoms with Crippen LogP contribution in [0.25, 0.3) is 0 Å². The highest BCUT2D eigenvalue weighted by Crippen LogP contribution is 2.28. The second kappa shape index (κ2) is 4.37. The first-order valence-electron chi connectivity index (χ1n) is 5.64. The number of ether oxygens (including phenoxy) is 1. The van der Waals surface area contributed by atoms with Gasteiger partial charge in [0.05, 0.1) is 6.54 Å². The number of nitrogens with two attached hydrogens (primary N) is 1. The summed E-state index contributed by atoms with van der Waals surface area (Å²) in [6.07, 6.45) is 2.73. The van der Waals surface area contributed by atoms with Crippen molar-refractivity contribution in [2.75, 3.05) is 32.7 Å². The molecule has 2 aliphatic rings. The van der Waals surface area contributed by atoms with Crippen molar-refractivity contribution in [2.45, 2.75) is 24.9 Å². The summed E-state index contributed by atoms with van der Waals surface area (Å²) in [5.74, 6) is 0. The summed E-state index contributed by atoms with van der Waals surface area (Å²) in [5.41, 5.74) is 5.17. The number of carbonyl (C=O) groups excluding carboxylic acids is 1. The van der Waals surface area contributed by atoms with E-state index in [0.29, 0.717) is 6.54 Å². The minimum Gasteiger partial charge on any atom is -0.440 e. The van der Waals surface area contributed by atoms with Crippen molar-refractivity contribution in [3.8, 4) is 0 Å². The number of piperidine rings is 1. The average Bonchev–Trinajstić information content (AvgIpc) is 2.53. The zero-order valence-corrected chi connectivity index (χ0v) is 9.00. The third-order valence-electron chi connectivity index (χ3n) is 3.11. The van der Waals surface area contributed by atoms with Crippen molar-refractivity contribution >= 4 is 6.09 Å². The summed E-state index contributed by atoms with van der Waals surface area (Å²) < 4.78 is 5.48. The van der Waals surface area contributed by atoms with Gasteiger partial charge in [0.1, 0.15) is 5.60 Å². The molecule has 2 rings (SSSR count). The first-order chi connectivity index (χ1) is 7.26. The average molecular weight is 213 g/mol. The van der Waals surface area contributed by atoms with E-state index in [1.165, 1.54) is 0 Å². The minimum atomic E-state index is -0.260. The molecule has 0 aromatic carbocycles. The molecule has 1 amide bonds. The predicted octanol–water partition coefficient (Wildman–Crippen LogP) is -0.0904. The summed E-state index contributed by atoms with van der Waals surface area (Å²) >= 11 is 0. The molecule has 0 bridgehead atoms. The van der Waals surface area contributed by atoms with E-state index >= 15 is 0 Å². The van der Waals surface area contributed by atoms with Crippen LogP contribution in [0.5, 0.6) is 0 Å². The van der Waals surface area contributed by atoms with Gasteiger partial charge in [0.2, 0.25) is 0 Å². The van der Waals surface area contributed by atoms with Crippen LogP contribution >= 0.6 is 0 Å². The number of amides is 1. The van der Waals surface area contributed by atoms with Gasteiger partial charge in [0.25, 0.3) is 0 Å². The molecule has 0 saturated carbocycles. The molecular weight excluding hydrogens is 194 g/mol. The molecular formula is C10H19N3O2. The molecule has 2 saturated heterocycles. The van der Waals surface area contributed by atoms with Crippen LogP contribution in [0.3, 0.4) is 0 Å². The van der Waals surface area contributed by atoms with Crippen molar-refractivity contribution in [3.63, 3.8) is 0 Å². The fourth-order valence-electron chi connectivity index (χ4n) is 2.31. The Hall–Kier alpha value is -0.810. The van der Waals surface area contributed by atoms with E-state index in [2.05, 4.69) is 5.32 Å². The van der Waals surface area contributed by atoms with Crippen molar-refractivity contribution in [1.29, 1.82) is 0 Å². The second-order valence-electron chi connectivity index (χ2n) is 4.40. The molecule has 2 heterocycles. The molecule has 1 atom stereocenters. The summed E-state index contributed by atoms with van der Waals surface area (Å²) in [7, 11) is 0. The first kappa shape index (κ1) is 10.7. The smallest absolute Gasteiger partial charge is 0.410 e. The van der Waals surface area contributed by atoms with Crippen LogP contribution in [0, 0.1) is 0 Å². The number of hydrogen-bond donors (Lipinski definition) is 2. The van der Waals surface area contributed by atoms with Gasteiger partial charge in [-0.15, -0.1) is 0 Å². The highest BCUT2D eigenvalue weighted by molar-refractivity contribution is 5.70. The summed E-state index contributed by atoms with van der Waals surface area (Å²) in [6.45, 7) is 3.88. The molecule has 0 aromatic rings. The minimum absolute atomic E-state index is 0.174. The third-order valence-corrected chi connectivity index (χ3v) is 3.11. The Morgan fingerprint density at radius 3 is 3.13 bits per heavy atom. The fourth-order valence-corrected chi connectivity index (χ4v) is 2.31. The number of hydrogen-bond acceptors (Lipinski definition) is 4. The Balaban J connectivity index is 1.92. The Morgan fingerprint density at radius 1 is 1.60 bits per heavy atom. The Bertz CT molecular complexity index is 239. The quantitative estimate of drug-likeness (QED) is 0.687. The van der Waals surface area contributed by atoms with Gasteiger partial charge in [0.15, 0.2) is 0 Å². The van der Waals surface area contributed by atoms with E-state index < -0.39 is 0 Å². The highest BCUT2D eigenvalue weighted by atomic mass is 16.6. The SMILES string of the molecule is NCCCN1CC2(CCCNC2)OC1=O. The largest absolute Gasteiger partial charge is 0.440 e. The van der Waals surface area contributed by atoms with Crippen molar-refractivity contribution in [3.05, 3.63) is 0 Å². The maximum atomic E-state index is 11.6. The zero-order chi connectivity index (χ0) is 10.7. The van der Waals surface area contributed by atoms with Gasteiger partial charge in [-0.05, 0) is 32.4 Å². The fraction of sp³-hybridized carbons (Fsp3) is 0.900. The zero-order valence-electron chi connectivity index (χ0n) is 9.00. The lowest BCUT2D eigenvalue weighted by Crippen LogP contribution is -2.48. The van der Waals surface area contributed by atoms with Crippen LogP contribution in [-0.2, 0) is 4.74 Å². The Labute approximate surface area is 89.9 Å². The molecule has 15 heavy (non-hydrogen) atoms. The van der Waals surface area contributed by atoms with Gasteiger partial charge in [-0.1, -0.05) is 0 Å². The van der Waals surface area contributed by atoms with Crippen molar-refractivity contribution in [1.82, 2.24) is 10.2 Å². The van der Waals surface area contributed by atoms with Crippen LogP contribution in [0.15, 0.2) is 0 Å². The molecule has 2 aliphatic heterocycles. The monoisotopic (exact) mass is 213 g/mol. The molecule has 5 nitrogen and oxygen atoms in total. The van der Waals surface area contributed by atoms with E-state index in [1.807, 2.05) is 0 Å². The molecule has 0 radical (unpaired) electrons. The van der Waals surface area contributed by atoms with Crippen LogP contribution in [0.2, 0.25) is 0 Å². The lowest BCUT2D eigenvalue weighted by Gasteiger charge is -2.31. The molecule has 2 fully saturated rings. The molecule has 1 spiro atoms.